The van der Waals surface area contributed by atoms with Crippen LogP contribution in [0.1, 0.15) is 21.5 Å². The topological polar surface area (TPSA) is 29.5 Å². The van der Waals surface area contributed by atoms with E-state index in [1.54, 1.807) is 24.1 Å². The molecule has 0 aliphatic carbocycles. The van der Waals surface area contributed by atoms with Gasteiger partial charge < -0.3 is 9.64 Å². The van der Waals surface area contributed by atoms with Crippen molar-refractivity contribution < 1.29 is 13.9 Å². The third-order valence-corrected chi connectivity index (χ3v) is 3.69. The Kier molecular flexibility index (Phi) is 5.15. The van der Waals surface area contributed by atoms with E-state index in [1.807, 2.05) is 32.0 Å². The summed E-state index contributed by atoms with van der Waals surface area (Å²) in [5.41, 5.74) is 2.81. The van der Waals surface area contributed by atoms with Crippen LogP contribution in [0.4, 0.5) is 4.39 Å². The van der Waals surface area contributed by atoms with Crippen molar-refractivity contribution in [2.75, 3.05) is 20.2 Å². The SMILES string of the molecule is Cc1cccc(C(=O)N(C)CCOc2ccc(F)cc2)c1C. The van der Waals surface area contributed by atoms with Crippen LogP contribution >= 0.6 is 0 Å². The van der Waals surface area contributed by atoms with Crippen molar-refractivity contribution in [3.63, 3.8) is 0 Å². The lowest BCUT2D eigenvalue weighted by Gasteiger charge is -2.19. The van der Waals surface area contributed by atoms with E-state index in [2.05, 4.69) is 0 Å². The van der Waals surface area contributed by atoms with Gasteiger partial charge in [0.2, 0.25) is 0 Å². The summed E-state index contributed by atoms with van der Waals surface area (Å²) < 4.78 is 18.3. The summed E-state index contributed by atoms with van der Waals surface area (Å²) >= 11 is 0. The first kappa shape index (κ1) is 16.0. The highest BCUT2D eigenvalue weighted by Crippen LogP contribution is 2.15. The minimum atomic E-state index is -0.297. The molecule has 0 spiro atoms. The fourth-order valence-electron chi connectivity index (χ4n) is 2.12. The molecule has 0 heterocycles. The number of halogens is 1. The predicted molar refractivity (Wildman–Crippen MR) is 84.8 cm³/mol. The van der Waals surface area contributed by atoms with Crippen LogP contribution in [0.2, 0.25) is 0 Å². The number of hydrogen-bond acceptors (Lipinski definition) is 2. The van der Waals surface area contributed by atoms with Crippen LogP contribution < -0.4 is 4.74 Å². The molecule has 1 amide bonds. The number of likely N-dealkylation sites (N-methyl/N-ethyl adjacent to an activating group) is 1. The average Bonchev–Trinajstić information content (AvgIpc) is 2.51. The molecule has 3 nitrogen and oxygen atoms in total. The normalized spacial score (nSPS) is 10.4. The second-order valence-electron chi connectivity index (χ2n) is 5.28. The van der Waals surface area contributed by atoms with E-state index >= 15 is 0 Å². The Balaban J connectivity index is 1.91. The van der Waals surface area contributed by atoms with Crippen LogP contribution in [0.5, 0.6) is 5.75 Å². The van der Waals surface area contributed by atoms with Gasteiger partial charge in [0.15, 0.2) is 0 Å². The molecule has 2 aromatic rings. The van der Waals surface area contributed by atoms with Gasteiger partial charge in [0.1, 0.15) is 18.2 Å². The Morgan fingerprint density at radius 1 is 1.14 bits per heavy atom. The van der Waals surface area contributed by atoms with Crippen LogP contribution in [0, 0.1) is 19.7 Å². The Morgan fingerprint density at radius 2 is 1.82 bits per heavy atom. The summed E-state index contributed by atoms with van der Waals surface area (Å²) in [6, 6.07) is 11.6. The van der Waals surface area contributed by atoms with Gasteiger partial charge in [-0.1, -0.05) is 12.1 Å². The predicted octanol–water partition coefficient (Wildman–Crippen LogP) is 3.59. The molecule has 0 aliphatic heterocycles. The lowest BCUT2D eigenvalue weighted by molar-refractivity contribution is 0.0773. The number of amides is 1. The molecule has 0 radical (unpaired) electrons. The summed E-state index contributed by atoms with van der Waals surface area (Å²) in [6.45, 7) is 4.76. The quantitative estimate of drug-likeness (QED) is 0.844. The maximum atomic E-state index is 12.8. The van der Waals surface area contributed by atoms with Crippen molar-refractivity contribution in [1.82, 2.24) is 4.90 Å². The zero-order valence-corrected chi connectivity index (χ0v) is 13.1. The number of hydrogen-bond donors (Lipinski definition) is 0. The summed E-state index contributed by atoms with van der Waals surface area (Å²) in [5.74, 6) is 0.271. The van der Waals surface area contributed by atoms with Crippen LogP contribution in [0.3, 0.4) is 0 Å². The second kappa shape index (κ2) is 7.07. The molecule has 0 fully saturated rings. The Hall–Kier alpha value is -2.36. The summed E-state index contributed by atoms with van der Waals surface area (Å²) in [7, 11) is 1.75. The molecule has 0 aromatic heterocycles. The van der Waals surface area contributed by atoms with E-state index < -0.39 is 0 Å². The van der Waals surface area contributed by atoms with E-state index in [0.29, 0.717) is 24.5 Å². The van der Waals surface area contributed by atoms with E-state index in [4.69, 9.17) is 4.74 Å². The largest absolute Gasteiger partial charge is 0.492 e. The number of carbonyl (C=O) groups is 1. The van der Waals surface area contributed by atoms with Gasteiger partial charge in [-0.05, 0) is 55.3 Å². The van der Waals surface area contributed by atoms with E-state index in [9.17, 15) is 9.18 Å². The lowest BCUT2D eigenvalue weighted by atomic mass is 10.0. The fraction of sp³-hybridized carbons (Fsp3) is 0.278. The monoisotopic (exact) mass is 301 g/mol. The highest BCUT2D eigenvalue weighted by Gasteiger charge is 2.14. The first-order chi connectivity index (χ1) is 10.5. The molecule has 0 atom stereocenters. The van der Waals surface area contributed by atoms with Gasteiger partial charge in [0.25, 0.3) is 5.91 Å². The molecule has 0 aliphatic rings. The van der Waals surface area contributed by atoms with Gasteiger partial charge in [0.05, 0.1) is 6.54 Å². The van der Waals surface area contributed by atoms with Gasteiger partial charge in [-0.25, -0.2) is 4.39 Å². The molecule has 2 aromatic carbocycles. The first-order valence-corrected chi connectivity index (χ1v) is 7.19. The molecule has 116 valence electrons. The molecule has 0 saturated carbocycles. The lowest BCUT2D eigenvalue weighted by Crippen LogP contribution is -2.31. The van der Waals surface area contributed by atoms with Crippen molar-refractivity contribution in [2.45, 2.75) is 13.8 Å². The highest BCUT2D eigenvalue weighted by atomic mass is 19.1. The number of ether oxygens (including phenoxy) is 1. The van der Waals surface area contributed by atoms with Gasteiger partial charge >= 0.3 is 0 Å². The molecule has 0 saturated heterocycles. The molecule has 0 bridgehead atoms. The maximum absolute atomic E-state index is 12.8. The number of rotatable bonds is 5. The minimum Gasteiger partial charge on any atom is -0.492 e. The van der Waals surface area contributed by atoms with E-state index in [1.165, 1.54) is 12.1 Å². The second-order valence-corrected chi connectivity index (χ2v) is 5.28. The zero-order chi connectivity index (χ0) is 16.1. The van der Waals surface area contributed by atoms with Gasteiger partial charge in [-0.15, -0.1) is 0 Å². The third-order valence-electron chi connectivity index (χ3n) is 3.69. The third kappa shape index (κ3) is 3.85. The first-order valence-electron chi connectivity index (χ1n) is 7.19. The Labute approximate surface area is 130 Å². The molecule has 2 rings (SSSR count). The van der Waals surface area contributed by atoms with Crippen LogP contribution in [0.25, 0.3) is 0 Å². The number of benzene rings is 2. The molecular formula is C18H20FNO2. The molecule has 0 N–H and O–H groups in total. The zero-order valence-electron chi connectivity index (χ0n) is 13.1. The maximum Gasteiger partial charge on any atom is 0.253 e. The van der Waals surface area contributed by atoms with Crippen molar-refractivity contribution in [1.29, 1.82) is 0 Å². The Morgan fingerprint density at radius 3 is 2.50 bits per heavy atom. The summed E-state index contributed by atoms with van der Waals surface area (Å²) in [5, 5.41) is 0. The van der Waals surface area contributed by atoms with Crippen LogP contribution in [-0.4, -0.2) is 31.0 Å². The number of aryl methyl sites for hydroxylation is 1. The smallest absolute Gasteiger partial charge is 0.253 e. The number of nitrogens with zero attached hydrogens (tertiary/aromatic N) is 1. The van der Waals surface area contributed by atoms with Crippen molar-refractivity contribution in [2.24, 2.45) is 0 Å². The summed E-state index contributed by atoms with van der Waals surface area (Å²) in [6.07, 6.45) is 0. The van der Waals surface area contributed by atoms with Crippen LogP contribution in [-0.2, 0) is 0 Å². The van der Waals surface area contributed by atoms with E-state index in [0.717, 1.165) is 11.1 Å². The minimum absolute atomic E-state index is 0.0242. The van der Waals surface area contributed by atoms with Gasteiger partial charge in [0, 0.05) is 12.6 Å². The van der Waals surface area contributed by atoms with Gasteiger partial charge in [-0.2, -0.15) is 0 Å². The highest BCUT2D eigenvalue weighted by molar-refractivity contribution is 5.95. The van der Waals surface area contributed by atoms with Crippen molar-refractivity contribution >= 4 is 5.91 Å². The van der Waals surface area contributed by atoms with Crippen LogP contribution in [0.15, 0.2) is 42.5 Å². The number of carbonyl (C=O) groups excluding carboxylic acids is 1. The fourth-order valence-corrected chi connectivity index (χ4v) is 2.12. The molecule has 22 heavy (non-hydrogen) atoms. The average molecular weight is 301 g/mol. The summed E-state index contributed by atoms with van der Waals surface area (Å²) in [4.78, 5) is 14.1. The standard InChI is InChI=1S/C18H20FNO2/c1-13-5-4-6-17(14(13)2)18(21)20(3)11-12-22-16-9-7-15(19)8-10-16/h4-10H,11-12H2,1-3H3. The van der Waals surface area contributed by atoms with Crippen molar-refractivity contribution in [3.05, 3.63) is 65.0 Å². The van der Waals surface area contributed by atoms with Gasteiger partial charge in [-0.3, -0.25) is 4.79 Å². The Bertz CT molecular complexity index is 653. The molecule has 4 heteroatoms. The molecular weight excluding hydrogens is 281 g/mol. The van der Waals surface area contributed by atoms with Crippen molar-refractivity contribution in [3.8, 4) is 5.75 Å². The molecule has 0 unspecified atom stereocenters. The van der Waals surface area contributed by atoms with E-state index in [-0.39, 0.29) is 11.7 Å².